The molecule has 0 saturated carbocycles. The number of nitrogens with one attached hydrogen (secondary N) is 1. The van der Waals surface area contributed by atoms with Gasteiger partial charge in [0.2, 0.25) is 0 Å². The van der Waals surface area contributed by atoms with Crippen LogP contribution in [-0.2, 0) is 11.4 Å². The predicted octanol–water partition coefficient (Wildman–Crippen LogP) is 3.81. The lowest BCUT2D eigenvalue weighted by Gasteiger charge is -2.05. The van der Waals surface area contributed by atoms with Gasteiger partial charge in [-0.25, -0.2) is 5.43 Å². The van der Waals surface area contributed by atoms with Gasteiger partial charge in [-0.3, -0.25) is 14.9 Å². The van der Waals surface area contributed by atoms with Gasteiger partial charge in [0.25, 0.3) is 17.0 Å². The second-order valence-corrected chi connectivity index (χ2v) is 7.68. The molecule has 14 heteroatoms. The van der Waals surface area contributed by atoms with Crippen LogP contribution in [0.3, 0.4) is 0 Å². The number of amides is 1. The summed E-state index contributed by atoms with van der Waals surface area (Å²) in [5.74, 6) is -0.416. The summed E-state index contributed by atoms with van der Waals surface area (Å²) in [7, 11) is 0. The molecule has 0 saturated heterocycles. The molecule has 11 nitrogen and oxygen atoms in total. The third-order valence-corrected chi connectivity index (χ3v) is 4.97. The lowest BCUT2D eigenvalue weighted by atomic mass is 10.2. The van der Waals surface area contributed by atoms with Gasteiger partial charge in [0, 0.05) is 16.7 Å². The molecular formula is C18H13Cl2N5O6S. The van der Waals surface area contributed by atoms with Crippen LogP contribution in [0.2, 0.25) is 10.0 Å². The Morgan fingerprint density at radius 3 is 2.88 bits per heavy atom. The Labute approximate surface area is 194 Å². The highest BCUT2D eigenvalue weighted by atomic mass is 35.5. The SMILES string of the molecule is O=C(CSc1nnc(COc2ccc(Cl)cc2Cl)o1)N/N=C\c1ccc(O)c([N+](=O)[O-])c1. The first kappa shape index (κ1) is 23.3. The Morgan fingerprint density at radius 1 is 1.31 bits per heavy atom. The lowest BCUT2D eigenvalue weighted by molar-refractivity contribution is -0.385. The fraction of sp³-hybridized carbons (Fsp3) is 0.111. The molecule has 0 aliphatic rings. The molecule has 1 aromatic heterocycles. The summed E-state index contributed by atoms with van der Waals surface area (Å²) < 4.78 is 10.9. The van der Waals surface area contributed by atoms with E-state index in [1.165, 1.54) is 18.3 Å². The molecule has 0 aliphatic carbocycles. The van der Waals surface area contributed by atoms with Crippen LogP contribution < -0.4 is 10.2 Å². The molecule has 166 valence electrons. The van der Waals surface area contributed by atoms with Crippen molar-refractivity contribution < 1.29 is 24.0 Å². The van der Waals surface area contributed by atoms with Gasteiger partial charge in [-0.15, -0.1) is 10.2 Å². The Bertz CT molecular complexity index is 1170. The van der Waals surface area contributed by atoms with Crippen LogP contribution in [0.5, 0.6) is 11.5 Å². The number of aromatic hydroxyl groups is 1. The van der Waals surface area contributed by atoms with Crippen molar-refractivity contribution in [2.45, 2.75) is 11.8 Å². The normalized spacial score (nSPS) is 10.9. The molecule has 2 N–H and O–H groups in total. The van der Waals surface area contributed by atoms with E-state index < -0.39 is 22.3 Å². The first-order valence-electron chi connectivity index (χ1n) is 8.64. The molecular weight excluding hydrogens is 485 g/mol. The quantitative estimate of drug-likeness (QED) is 0.194. The number of carbonyl (C=O) groups excluding carboxylic acids is 1. The van der Waals surface area contributed by atoms with E-state index in [-0.39, 0.29) is 23.5 Å². The number of hydrazone groups is 1. The number of hydrogen-bond donors (Lipinski definition) is 2. The van der Waals surface area contributed by atoms with Gasteiger partial charge < -0.3 is 14.3 Å². The number of aromatic nitrogens is 2. The summed E-state index contributed by atoms with van der Waals surface area (Å²) in [6.45, 7) is -0.0236. The summed E-state index contributed by atoms with van der Waals surface area (Å²) in [6.07, 6.45) is 1.21. The van der Waals surface area contributed by atoms with E-state index in [4.69, 9.17) is 32.4 Å². The molecule has 3 aromatic rings. The number of halogens is 2. The van der Waals surface area contributed by atoms with Crippen LogP contribution in [0.15, 0.2) is 51.1 Å². The molecule has 1 heterocycles. The molecule has 0 bridgehead atoms. The van der Waals surface area contributed by atoms with Crippen LogP contribution in [-0.4, -0.2) is 38.1 Å². The number of hydrogen-bond acceptors (Lipinski definition) is 10. The maximum Gasteiger partial charge on any atom is 0.311 e. The minimum Gasteiger partial charge on any atom is -0.502 e. The zero-order valence-electron chi connectivity index (χ0n) is 15.9. The Kier molecular flexibility index (Phi) is 7.87. The van der Waals surface area contributed by atoms with E-state index in [1.54, 1.807) is 12.1 Å². The molecule has 32 heavy (non-hydrogen) atoms. The van der Waals surface area contributed by atoms with Crippen molar-refractivity contribution in [3.05, 3.63) is 68.0 Å². The standard InChI is InChI=1S/C18H13Cl2N5O6S/c19-11-2-4-15(12(20)6-11)30-8-17-23-24-18(31-17)32-9-16(27)22-21-7-10-1-3-14(26)13(5-10)25(28)29/h1-7,26H,8-9H2,(H,22,27)/b21-7-. The molecule has 0 radical (unpaired) electrons. The topological polar surface area (TPSA) is 153 Å². The van der Waals surface area contributed by atoms with Crippen LogP contribution in [0.4, 0.5) is 5.69 Å². The largest absolute Gasteiger partial charge is 0.502 e. The van der Waals surface area contributed by atoms with Gasteiger partial charge in [-0.05, 0) is 30.3 Å². The number of nitro benzene ring substituents is 1. The zero-order valence-corrected chi connectivity index (χ0v) is 18.2. The molecule has 0 atom stereocenters. The van der Waals surface area contributed by atoms with E-state index in [9.17, 15) is 20.0 Å². The van der Waals surface area contributed by atoms with Crippen LogP contribution in [0.25, 0.3) is 0 Å². The number of phenolic OH excluding ortho intramolecular Hbond substituents is 1. The number of benzene rings is 2. The van der Waals surface area contributed by atoms with Gasteiger partial charge in [0.1, 0.15) is 5.75 Å². The number of thioether (sulfide) groups is 1. The van der Waals surface area contributed by atoms with Crippen molar-refractivity contribution >= 4 is 52.8 Å². The number of nitrogens with zero attached hydrogens (tertiary/aromatic N) is 4. The van der Waals surface area contributed by atoms with Crippen molar-refractivity contribution in [2.75, 3.05) is 5.75 Å². The number of carbonyl (C=O) groups is 1. The van der Waals surface area contributed by atoms with E-state index in [0.717, 1.165) is 23.9 Å². The summed E-state index contributed by atoms with van der Waals surface area (Å²) in [5.41, 5.74) is 2.12. The predicted molar refractivity (Wildman–Crippen MR) is 116 cm³/mol. The van der Waals surface area contributed by atoms with Crippen LogP contribution in [0, 0.1) is 10.1 Å². The fourth-order valence-electron chi connectivity index (χ4n) is 2.19. The minimum atomic E-state index is -0.727. The number of nitro groups is 1. The second-order valence-electron chi connectivity index (χ2n) is 5.91. The number of phenols is 1. The molecule has 2 aromatic carbocycles. The highest BCUT2D eigenvalue weighted by Gasteiger charge is 2.13. The summed E-state index contributed by atoms with van der Waals surface area (Å²) in [5, 5.41) is 32.5. The molecule has 1 amide bonds. The number of ether oxygens (including phenoxy) is 1. The highest BCUT2D eigenvalue weighted by molar-refractivity contribution is 7.99. The van der Waals surface area contributed by atoms with E-state index >= 15 is 0 Å². The Balaban J connectivity index is 1.45. The van der Waals surface area contributed by atoms with Crippen molar-refractivity contribution in [1.29, 1.82) is 0 Å². The maximum atomic E-state index is 11.9. The lowest BCUT2D eigenvalue weighted by Crippen LogP contribution is -2.19. The van der Waals surface area contributed by atoms with E-state index in [0.29, 0.717) is 21.4 Å². The average Bonchev–Trinajstić information content (AvgIpc) is 3.20. The number of rotatable bonds is 9. The third kappa shape index (κ3) is 6.57. The third-order valence-electron chi connectivity index (χ3n) is 3.62. The zero-order chi connectivity index (χ0) is 23.1. The summed E-state index contributed by atoms with van der Waals surface area (Å²) >= 11 is 12.8. The molecule has 0 fully saturated rings. The Hall–Kier alpha value is -3.35. The van der Waals surface area contributed by atoms with Crippen molar-refractivity contribution in [3.8, 4) is 11.5 Å². The molecule has 0 unspecified atom stereocenters. The highest BCUT2D eigenvalue weighted by Crippen LogP contribution is 2.28. The van der Waals surface area contributed by atoms with Crippen molar-refractivity contribution in [1.82, 2.24) is 15.6 Å². The first-order valence-corrected chi connectivity index (χ1v) is 10.4. The molecule has 3 rings (SSSR count). The maximum absolute atomic E-state index is 11.9. The van der Waals surface area contributed by atoms with E-state index in [2.05, 4.69) is 20.7 Å². The van der Waals surface area contributed by atoms with Crippen molar-refractivity contribution in [2.24, 2.45) is 5.10 Å². The van der Waals surface area contributed by atoms with Gasteiger partial charge >= 0.3 is 5.69 Å². The Morgan fingerprint density at radius 2 is 2.12 bits per heavy atom. The van der Waals surface area contributed by atoms with Gasteiger partial charge in [-0.2, -0.15) is 5.10 Å². The van der Waals surface area contributed by atoms with Gasteiger partial charge in [-0.1, -0.05) is 35.0 Å². The minimum absolute atomic E-state index is 0.0236. The van der Waals surface area contributed by atoms with Crippen molar-refractivity contribution in [3.63, 3.8) is 0 Å². The second kappa shape index (κ2) is 10.8. The summed E-state index contributed by atoms with van der Waals surface area (Å²) in [6, 6.07) is 8.47. The average molecular weight is 498 g/mol. The van der Waals surface area contributed by atoms with Gasteiger partial charge in [0.05, 0.1) is 21.9 Å². The monoisotopic (exact) mass is 497 g/mol. The fourth-order valence-corrected chi connectivity index (χ4v) is 3.23. The molecule has 0 aliphatic heterocycles. The van der Waals surface area contributed by atoms with E-state index in [1.807, 2.05) is 0 Å². The summed E-state index contributed by atoms with van der Waals surface area (Å²) in [4.78, 5) is 22.0. The first-order chi connectivity index (χ1) is 15.3. The molecule has 0 spiro atoms. The van der Waals surface area contributed by atoms with Crippen LogP contribution in [0.1, 0.15) is 11.5 Å². The van der Waals surface area contributed by atoms with Crippen LogP contribution >= 0.6 is 35.0 Å². The smallest absolute Gasteiger partial charge is 0.311 e. The van der Waals surface area contributed by atoms with Gasteiger partial charge in [0.15, 0.2) is 12.4 Å².